The first-order valence-electron chi connectivity index (χ1n) is 9.50. The molecule has 1 atom stereocenters. The quantitative estimate of drug-likeness (QED) is 0.378. The summed E-state index contributed by atoms with van der Waals surface area (Å²) in [6.07, 6.45) is 10.3. The summed E-state index contributed by atoms with van der Waals surface area (Å²) in [5.74, 6) is 0. The van der Waals surface area contributed by atoms with Crippen LogP contribution in [0.4, 0.5) is 4.79 Å². The first-order valence-corrected chi connectivity index (χ1v) is 9.50. The van der Waals surface area contributed by atoms with E-state index in [4.69, 9.17) is 9.84 Å². The smallest absolute Gasteiger partial charge is 0.407 e. The molecule has 23 heavy (non-hydrogen) atoms. The van der Waals surface area contributed by atoms with Crippen molar-refractivity contribution in [3.63, 3.8) is 0 Å². The Hall–Kier alpha value is -0.810. The van der Waals surface area contributed by atoms with Crippen molar-refractivity contribution in [1.82, 2.24) is 10.6 Å². The molecule has 0 aliphatic rings. The van der Waals surface area contributed by atoms with Crippen LogP contribution in [0.1, 0.15) is 78.1 Å². The molecule has 0 spiro atoms. The average molecular weight is 331 g/mol. The summed E-state index contributed by atoms with van der Waals surface area (Å²) < 4.78 is 5.46. The number of amides is 1. The van der Waals surface area contributed by atoms with Crippen molar-refractivity contribution in [2.24, 2.45) is 0 Å². The topological polar surface area (TPSA) is 70.6 Å². The number of hydrogen-bond donors (Lipinski definition) is 3. The summed E-state index contributed by atoms with van der Waals surface area (Å²) in [4.78, 5) is 11.8. The Labute approximate surface area is 142 Å². The van der Waals surface area contributed by atoms with Crippen LogP contribution in [0.2, 0.25) is 0 Å². The molecular weight excluding hydrogens is 292 g/mol. The minimum absolute atomic E-state index is 0.134. The zero-order valence-electron chi connectivity index (χ0n) is 15.2. The van der Waals surface area contributed by atoms with Gasteiger partial charge in [0.25, 0.3) is 0 Å². The minimum Gasteiger partial charge on any atom is -0.445 e. The molecular formula is C18H38N2O3. The molecule has 5 heteroatoms. The Balaban J connectivity index is 3.81. The van der Waals surface area contributed by atoms with Gasteiger partial charge in [0.2, 0.25) is 0 Å². The van der Waals surface area contributed by atoms with Gasteiger partial charge in [-0.05, 0) is 32.2 Å². The zero-order chi connectivity index (χ0) is 17.2. The lowest BCUT2D eigenvalue weighted by Crippen LogP contribution is -2.36. The fourth-order valence-corrected chi connectivity index (χ4v) is 2.40. The number of alkyl carbamates (subject to hydrolysis) is 1. The monoisotopic (exact) mass is 330 g/mol. The summed E-state index contributed by atoms with van der Waals surface area (Å²) in [7, 11) is 0. The Morgan fingerprint density at radius 1 is 0.957 bits per heavy atom. The number of carbonyl (C=O) groups excluding carboxylic acids is 1. The minimum atomic E-state index is -0.336. The lowest BCUT2D eigenvalue weighted by atomic mass is 10.2. The lowest BCUT2D eigenvalue weighted by Gasteiger charge is -2.18. The molecule has 1 unspecified atom stereocenters. The second-order valence-corrected chi connectivity index (χ2v) is 6.15. The number of hydrogen-bond acceptors (Lipinski definition) is 4. The highest BCUT2D eigenvalue weighted by atomic mass is 16.6. The van der Waals surface area contributed by atoms with Crippen molar-refractivity contribution in [2.75, 3.05) is 26.2 Å². The molecule has 0 aromatic rings. The van der Waals surface area contributed by atoms with Crippen molar-refractivity contribution in [3.05, 3.63) is 0 Å². The number of carbonyl (C=O) groups is 1. The van der Waals surface area contributed by atoms with Crippen LogP contribution in [0.5, 0.6) is 0 Å². The van der Waals surface area contributed by atoms with Crippen LogP contribution in [-0.2, 0) is 4.74 Å². The molecule has 0 aromatic carbocycles. The van der Waals surface area contributed by atoms with Crippen LogP contribution in [0.3, 0.4) is 0 Å². The Bertz CT molecular complexity index is 263. The van der Waals surface area contributed by atoms with E-state index in [1.165, 1.54) is 32.1 Å². The number of aliphatic hydroxyl groups excluding tert-OH is 1. The molecule has 0 bridgehead atoms. The van der Waals surface area contributed by atoms with Gasteiger partial charge in [0, 0.05) is 19.7 Å². The van der Waals surface area contributed by atoms with Crippen LogP contribution >= 0.6 is 0 Å². The van der Waals surface area contributed by atoms with Gasteiger partial charge in [0.15, 0.2) is 0 Å². The summed E-state index contributed by atoms with van der Waals surface area (Å²) in [5.41, 5.74) is 0. The molecule has 0 saturated carbocycles. The molecule has 0 fully saturated rings. The van der Waals surface area contributed by atoms with Gasteiger partial charge in [-0.1, -0.05) is 52.4 Å². The van der Waals surface area contributed by atoms with Crippen molar-refractivity contribution >= 4 is 6.09 Å². The zero-order valence-corrected chi connectivity index (χ0v) is 15.2. The van der Waals surface area contributed by atoms with E-state index >= 15 is 0 Å². The third-order valence-electron chi connectivity index (χ3n) is 3.84. The molecule has 0 aliphatic carbocycles. The van der Waals surface area contributed by atoms with E-state index in [2.05, 4.69) is 24.5 Å². The first kappa shape index (κ1) is 22.2. The van der Waals surface area contributed by atoms with Crippen LogP contribution in [0, 0.1) is 0 Å². The van der Waals surface area contributed by atoms with Crippen molar-refractivity contribution in [1.29, 1.82) is 0 Å². The van der Waals surface area contributed by atoms with E-state index in [-0.39, 0.29) is 18.8 Å². The van der Waals surface area contributed by atoms with Gasteiger partial charge in [-0.2, -0.15) is 0 Å². The summed E-state index contributed by atoms with van der Waals surface area (Å²) in [5, 5.41) is 15.1. The number of rotatable bonds is 16. The third-order valence-corrected chi connectivity index (χ3v) is 3.84. The second-order valence-electron chi connectivity index (χ2n) is 6.15. The van der Waals surface area contributed by atoms with Crippen molar-refractivity contribution in [2.45, 2.75) is 84.2 Å². The number of nitrogens with one attached hydrogen (secondary N) is 2. The maximum atomic E-state index is 11.8. The Kier molecular flexibility index (Phi) is 16.9. The van der Waals surface area contributed by atoms with Crippen molar-refractivity contribution in [3.8, 4) is 0 Å². The van der Waals surface area contributed by atoms with Crippen LogP contribution in [-0.4, -0.2) is 43.5 Å². The molecule has 5 nitrogen and oxygen atoms in total. The van der Waals surface area contributed by atoms with Gasteiger partial charge in [0.1, 0.15) is 6.10 Å². The second kappa shape index (κ2) is 17.5. The molecule has 3 N–H and O–H groups in total. The molecule has 0 saturated heterocycles. The third kappa shape index (κ3) is 15.8. The molecule has 138 valence electrons. The van der Waals surface area contributed by atoms with Crippen molar-refractivity contribution < 1.29 is 14.6 Å². The summed E-state index contributed by atoms with van der Waals surface area (Å²) in [6.45, 7) is 6.80. The Morgan fingerprint density at radius 2 is 1.61 bits per heavy atom. The maximum Gasteiger partial charge on any atom is 0.407 e. The summed E-state index contributed by atoms with van der Waals surface area (Å²) >= 11 is 0. The SMILES string of the molecule is CCCCCCNCC(CCCO)OC(=O)NCCCCCC. The van der Waals surface area contributed by atoms with E-state index < -0.39 is 0 Å². The highest BCUT2D eigenvalue weighted by Crippen LogP contribution is 2.03. The van der Waals surface area contributed by atoms with E-state index in [1.54, 1.807) is 0 Å². The number of aliphatic hydroxyl groups is 1. The number of ether oxygens (including phenoxy) is 1. The molecule has 0 radical (unpaired) electrons. The first-order chi connectivity index (χ1) is 11.2. The predicted molar refractivity (Wildman–Crippen MR) is 95.7 cm³/mol. The van der Waals surface area contributed by atoms with Gasteiger partial charge in [-0.3, -0.25) is 0 Å². The maximum absolute atomic E-state index is 11.8. The summed E-state index contributed by atoms with van der Waals surface area (Å²) in [6, 6.07) is 0. The molecule has 0 aromatic heterocycles. The highest BCUT2D eigenvalue weighted by Gasteiger charge is 2.13. The predicted octanol–water partition coefficient (Wildman–Crippen LogP) is 3.60. The fourth-order valence-electron chi connectivity index (χ4n) is 2.40. The van der Waals surface area contributed by atoms with Gasteiger partial charge < -0.3 is 20.5 Å². The van der Waals surface area contributed by atoms with Gasteiger partial charge >= 0.3 is 6.09 Å². The lowest BCUT2D eigenvalue weighted by molar-refractivity contribution is 0.0868. The largest absolute Gasteiger partial charge is 0.445 e. The van der Waals surface area contributed by atoms with E-state index in [0.29, 0.717) is 25.9 Å². The number of unbranched alkanes of at least 4 members (excludes halogenated alkanes) is 6. The van der Waals surface area contributed by atoms with E-state index in [9.17, 15) is 4.79 Å². The van der Waals surface area contributed by atoms with E-state index in [1.807, 2.05) is 0 Å². The molecule has 0 rings (SSSR count). The van der Waals surface area contributed by atoms with E-state index in [0.717, 1.165) is 25.8 Å². The van der Waals surface area contributed by atoms with Gasteiger partial charge in [0.05, 0.1) is 0 Å². The van der Waals surface area contributed by atoms with Gasteiger partial charge in [-0.25, -0.2) is 4.79 Å². The van der Waals surface area contributed by atoms with Gasteiger partial charge in [-0.15, -0.1) is 0 Å². The highest BCUT2D eigenvalue weighted by molar-refractivity contribution is 5.67. The average Bonchev–Trinajstić information content (AvgIpc) is 2.55. The molecule has 0 heterocycles. The van der Waals surface area contributed by atoms with Crippen LogP contribution in [0.15, 0.2) is 0 Å². The van der Waals surface area contributed by atoms with Crippen LogP contribution in [0.25, 0.3) is 0 Å². The molecule has 1 amide bonds. The fraction of sp³-hybridized carbons (Fsp3) is 0.944. The standard InChI is InChI=1S/C18H38N2O3/c1-3-5-7-9-13-19-16-17(12-11-15-21)23-18(22)20-14-10-8-6-4-2/h17,19,21H,3-16H2,1-2H3,(H,20,22). The normalized spacial score (nSPS) is 12.1. The Morgan fingerprint density at radius 3 is 2.22 bits per heavy atom. The van der Waals surface area contributed by atoms with Crippen LogP contribution < -0.4 is 10.6 Å². The molecule has 0 aliphatic heterocycles.